The van der Waals surface area contributed by atoms with Gasteiger partial charge in [-0.05, 0) is 62.8 Å². The van der Waals surface area contributed by atoms with Gasteiger partial charge in [-0.3, -0.25) is 10.1 Å². The van der Waals surface area contributed by atoms with Crippen molar-refractivity contribution in [2.45, 2.75) is 57.0 Å². The quantitative estimate of drug-likeness (QED) is 0.402. The van der Waals surface area contributed by atoms with Crippen LogP contribution in [0, 0.1) is 6.92 Å². The maximum atomic E-state index is 12.6. The van der Waals surface area contributed by atoms with E-state index in [1.165, 1.54) is 7.11 Å². The van der Waals surface area contributed by atoms with Gasteiger partial charge < -0.3 is 18.9 Å². The average Bonchev–Trinajstić information content (AvgIpc) is 3.67. The molecule has 1 atom stereocenters. The molecule has 1 N–H and O–H groups in total. The summed E-state index contributed by atoms with van der Waals surface area (Å²) in [6.45, 7) is 5.36. The molecule has 37 heavy (non-hydrogen) atoms. The van der Waals surface area contributed by atoms with E-state index < -0.39 is 11.5 Å². The molecule has 1 aromatic heterocycles. The van der Waals surface area contributed by atoms with Gasteiger partial charge in [0.15, 0.2) is 5.76 Å². The van der Waals surface area contributed by atoms with Crippen LogP contribution < -0.4 is 10.2 Å². The Balaban J connectivity index is 1.19. The zero-order valence-electron chi connectivity index (χ0n) is 21.5. The highest BCUT2D eigenvalue weighted by atomic mass is 16.6. The van der Waals surface area contributed by atoms with Gasteiger partial charge in [0.2, 0.25) is 0 Å². The maximum absolute atomic E-state index is 12.6. The number of methoxy groups -OCH3 is 1. The van der Waals surface area contributed by atoms with E-state index in [1.807, 2.05) is 44.2 Å². The van der Waals surface area contributed by atoms with Gasteiger partial charge in [-0.2, -0.15) is 0 Å². The van der Waals surface area contributed by atoms with Crippen LogP contribution in [0.4, 0.5) is 16.2 Å². The predicted octanol–water partition coefficient (Wildman–Crippen LogP) is 5.88. The highest BCUT2D eigenvalue weighted by Crippen LogP contribution is 2.49. The summed E-state index contributed by atoms with van der Waals surface area (Å²) in [5.74, 6) is 0.699. The van der Waals surface area contributed by atoms with E-state index in [0.29, 0.717) is 17.1 Å². The Labute approximate surface area is 216 Å². The number of carbonyl (C=O) groups excluding carboxylic acids is 2. The molecule has 0 unspecified atom stereocenters. The number of rotatable bonds is 7. The number of benzene rings is 2. The summed E-state index contributed by atoms with van der Waals surface area (Å²) in [5.41, 5.74) is 3.88. The molecule has 0 bridgehead atoms. The van der Waals surface area contributed by atoms with Crippen LogP contribution in [0.25, 0.3) is 0 Å². The third-order valence-corrected chi connectivity index (χ3v) is 7.65. The molecule has 2 aliphatic rings. The SMILES string of the molecule is COC(=O)C1(c2ccc(N3CCC(c4onc(C)c4NC(=O)O[C@H](C)c4ccccc4)CC3)cc2)CC1. The summed E-state index contributed by atoms with van der Waals surface area (Å²) in [4.78, 5) is 27.2. The van der Waals surface area contributed by atoms with Crippen molar-refractivity contribution in [1.29, 1.82) is 0 Å². The van der Waals surface area contributed by atoms with Crippen LogP contribution in [0.1, 0.15) is 67.2 Å². The smallest absolute Gasteiger partial charge is 0.412 e. The van der Waals surface area contributed by atoms with Gasteiger partial charge in [0.05, 0.1) is 12.5 Å². The lowest BCUT2D eigenvalue weighted by Crippen LogP contribution is -2.33. The summed E-state index contributed by atoms with van der Waals surface area (Å²) in [7, 11) is 1.45. The number of aryl methyl sites for hydroxylation is 1. The topological polar surface area (TPSA) is 93.9 Å². The highest BCUT2D eigenvalue weighted by molar-refractivity contribution is 5.87. The van der Waals surface area contributed by atoms with Crippen LogP contribution in [-0.2, 0) is 19.7 Å². The minimum atomic E-state index is -0.526. The van der Waals surface area contributed by atoms with E-state index in [4.69, 9.17) is 14.0 Å². The number of ether oxygens (including phenoxy) is 2. The van der Waals surface area contributed by atoms with E-state index in [9.17, 15) is 9.59 Å². The first kappa shape index (κ1) is 24.9. The van der Waals surface area contributed by atoms with Gasteiger partial charge in [0.25, 0.3) is 0 Å². The lowest BCUT2D eigenvalue weighted by molar-refractivity contribution is -0.143. The molecule has 3 aromatic rings. The van der Waals surface area contributed by atoms with Crippen molar-refractivity contribution in [3.63, 3.8) is 0 Å². The van der Waals surface area contributed by atoms with Gasteiger partial charge >= 0.3 is 12.1 Å². The van der Waals surface area contributed by atoms with E-state index >= 15 is 0 Å². The average molecular weight is 504 g/mol. The Hall–Kier alpha value is -3.81. The minimum Gasteiger partial charge on any atom is -0.468 e. The van der Waals surface area contributed by atoms with E-state index in [-0.39, 0.29) is 18.0 Å². The van der Waals surface area contributed by atoms with Crippen LogP contribution >= 0.6 is 0 Å². The molecule has 5 rings (SSSR count). The van der Waals surface area contributed by atoms with Gasteiger partial charge in [-0.1, -0.05) is 47.6 Å². The number of carbonyl (C=O) groups is 2. The number of piperidine rings is 1. The molecule has 194 valence electrons. The Morgan fingerprint density at radius 3 is 2.38 bits per heavy atom. The molecule has 2 aromatic carbocycles. The van der Waals surface area contributed by atoms with Gasteiger partial charge in [0.1, 0.15) is 17.5 Å². The molecule has 0 spiro atoms. The molecule has 1 aliphatic carbocycles. The first-order valence-electron chi connectivity index (χ1n) is 12.8. The summed E-state index contributed by atoms with van der Waals surface area (Å²) >= 11 is 0. The second kappa shape index (κ2) is 10.3. The van der Waals surface area contributed by atoms with Crippen molar-refractivity contribution in [3.05, 3.63) is 77.2 Å². The molecule has 1 amide bonds. The van der Waals surface area contributed by atoms with Crippen LogP contribution in [0.2, 0.25) is 0 Å². The Morgan fingerprint density at radius 1 is 1.08 bits per heavy atom. The van der Waals surface area contributed by atoms with Crippen LogP contribution in [0.3, 0.4) is 0 Å². The second-order valence-corrected chi connectivity index (χ2v) is 9.97. The summed E-state index contributed by atoms with van der Waals surface area (Å²) in [6.07, 6.45) is 2.52. The van der Waals surface area contributed by atoms with Crippen LogP contribution in [0.5, 0.6) is 0 Å². The van der Waals surface area contributed by atoms with Gasteiger partial charge in [0, 0.05) is 24.7 Å². The van der Waals surface area contributed by atoms with E-state index in [0.717, 1.165) is 55.6 Å². The fourth-order valence-corrected chi connectivity index (χ4v) is 5.22. The van der Waals surface area contributed by atoms with E-state index in [1.54, 1.807) is 0 Å². The van der Waals surface area contributed by atoms with Crippen molar-refractivity contribution >= 4 is 23.4 Å². The molecule has 0 radical (unpaired) electrons. The molecule has 1 aliphatic heterocycles. The number of anilines is 2. The van der Waals surface area contributed by atoms with E-state index in [2.05, 4.69) is 39.6 Å². The lowest BCUT2D eigenvalue weighted by atomic mass is 9.92. The first-order valence-corrected chi connectivity index (χ1v) is 12.8. The number of nitrogens with zero attached hydrogens (tertiary/aromatic N) is 2. The zero-order valence-corrected chi connectivity index (χ0v) is 21.5. The third kappa shape index (κ3) is 5.05. The van der Waals surface area contributed by atoms with Crippen molar-refractivity contribution in [1.82, 2.24) is 5.16 Å². The predicted molar refractivity (Wildman–Crippen MR) is 140 cm³/mol. The fourth-order valence-electron chi connectivity index (χ4n) is 5.22. The molecule has 1 saturated carbocycles. The van der Waals surface area contributed by atoms with Crippen molar-refractivity contribution in [3.8, 4) is 0 Å². The highest BCUT2D eigenvalue weighted by Gasteiger charge is 2.52. The monoisotopic (exact) mass is 503 g/mol. The number of aromatic nitrogens is 1. The fraction of sp³-hybridized carbons (Fsp3) is 0.414. The second-order valence-electron chi connectivity index (χ2n) is 9.97. The Morgan fingerprint density at radius 2 is 1.76 bits per heavy atom. The van der Waals surface area contributed by atoms with Crippen molar-refractivity contribution in [2.24, 2.45) is 0 Å². The largest absolute Gasteiger partial charge is 0.468 e. The number of amides is 1. The zero-order chi connectivity index (χ0) is 26.0. The molecule has 2 heterocycles. The standard InChI is InChI=1S/C29H33N3O5/c1-19-25(30-28(34)36-20(2)21-7-5-4-6-8-21)26(37-31-19)22-13-17-32(18-14-22)24-11-9-23(10-12-24)29(15-16-29)27(33)35-3/h4-12,20,22H,13-18H2,1-3H3,(H,30,34)/t20-/m1/s1. The Kier molecular flexibility index (Phi) is 6.91. The first-order chi connectivity index (χ1) is 17.9. The molecular formula is C29H33N3O5. The number of hydrogen-bond donors (Lipinski definition) is 1. The Bertz CT molecular complexity index is 1240. The van der Waals surface area contributed by atoms with Crippen LogP contribution in [-0.4, -0.2) is 37.4 Å². The molecule has 8 heteroatoms. The third-order valence-electron chi connectivity index (χ3n) is 7.65. The minimum absolute atomic E-state index is 0.146. The van der Waals surface area contributed by atoms with Crippen molar-refractivity contribution in [2.75, 3.05) is 30.4 Å². The number of esters is 1. The number of nitrogens with one attached hydrogen (secondary N) is 1. The lowest BCUT2D eigenvalue weighted by Gasteiger charge is -2.33. The molecule has 8 nitrogen and oxygen atoms in total. The summed E-state index contributed by atoms with van der Waals surface area (Å²) in [6, 6.07) is 17.9. The molecule has 2 fully saturated rings. The van der Waals surface area contributed by atoms with Gasteiger partial charge in [-0.25, -0.2) is 4.79 Å². The normalized spacial score (nSPS) is 17.6. The van der Waals surface area contributed by atoms with Crippen LogP contribution in [0.15, 0.2) is 59.1 Å². The summed E-state index contributed by atoms with van der Waals surface area (Å²) < 4.78 is 16.3. The number of hydrogen-bond acceptors (Lipinski definition) is 7. The maximum Gasteiger partial charge on any atom is 0.412 e. The van der Waals surface area contributed by atoms with Gasteiger partial charge in [-0.15, -0.1) is 0 Å². The molecular weight excluding hydrogens is 470 g/mol. The summed E-state index contributed by atoms with van der Waals surface area (Å²) in [5, 5.41) is 6.99. The van der Waals surface area contributed by atoms with Crippen molar-refractivity contribution < 1.29 is 23.6 Å². The molecule has 1 saturated heterocycles.